The van der Waals surface area contributed by atoms with Crippen molar-refractivity contribution in [1.29, 1.82) is 0 Å². The van der Waals surface area contributed by atoms with Crippen LogP contribution in [0.15, 0.2) is 285 Å². The molecule has 0 aliphatic rings. The van der Waals surface area contributed by atoms with Crippen LogP contribution in [0.25, 0.3) is 44.2 Å². The van der Waals surface area contributed by atoms with E-state index < -0.39 is 0 Å². The van der Waals surface area contributed by atoms with E-state index in [1.165, 1.54) is 21.9 Å². The molecule has 67 heavy (non-hydrogen) atoms. The molecule has 0 radical (unpaired) electrons. The average molecular weight is 858 g/mol. The third-order valence-electron chi connectivity index (χ3n) is 12.5. The second kappa shape index (κ2) is 18.7. The highest BCUT2D eigenvalue weighted by atomic mass is 15.2. The zero-order valence-electron chi connectivity index (χ0n) is 37.0. The molecular weight excluding hydrogens is 811 g/mol. The quantitative estimate of drug-likeness (QED) is 0.121. The van der Waals surface area contributed by atoms with Crippen LogP contribution in [0.5, 0.6) is 0 Å². The van der Waals surface area contributed by atoms with Gasteiger partial charge in [0.2, 0.25) is 0 Å². The van der Waals surface area contributed by atoms with E-state index in [0.717, 1.165) is 73.4 Å². The number of fused-ring (bicyclic) bond motifs is 1. The first-order chi connectivity index (χ1) is 33.2. The van der Waals surface area contributed by atoms with Crippen molar-refractivity contribution in [3.63, 3.8) is 0 Å². The van der Waals surface area contributed by atoms with Crippen LogP contribution in [0.2, 0.25) is 0 Å². The molecule has 11 aromatic rings. The summed E-state index contributed by atoms with van der Waals surface area (Å²) in [6.45, 7) is 0. The molecule has 11 aromatic carbocycles. The van der Waals surface area contributed by atoms with Crippen LogP contribution in [-0.4, -0.2) is 0 Å². The van der Waals surface area contributed by atoms with Gasteiger partial charge in [0.15, 0.2) is 0 Å². The van der Waals surface area contributed by atoms with Gasteiger partial charge in [-0.2, -0.15) is 0 Å². The molecule has 0 aliphatic heterocycles. The Morgan fingerprint density at radius 1 is 0.164 bits per heavy atom. The normalized spacial score (nSPS) is 11.0. The zero-order valence-corrected chi connectivity index (χ0v) is 37.0. The van der Waals surface area contributed by atoms with Crippen LogP contribution in [0.4, 0.5) is 51.2 Å². The lowest BCUT2D eigenvalue weighted by atomic mass is 9.98. The van der Waals surface area contributed by atoms with Gasteiger partial charge in [-0.25, -0.2) is 0 Å². The van der Waals surface area contributed by atoms with Crippen LogP contribution in [0.1, 0.15) is 0 Å². The molecule has 0 bridgehead atoms. The molecule has 0 saturated heterocycles. The van der Waals surface area contributed by atoms with Gasteiger partial charge in [-0.05, 0) is 153 Å². The third-order valence-corrected chi connectivity index (χ3v) is 12.5. The van der Waals surface area contributed by atoms with Gasteiger partial charge in [-0.1, -0.05) is 176 Å². The van der Waals surface area contributed by atoms with E-state index in [1.54, 1.807) is 0 Å². The first-order valence-electron chi connectivity index (χ1n) is 22.8. The first-order valence-corrected chi connectivity index (χ1v) is 22.8. The predicted molar refractivity (Wildman–Crippen MR) is 284 cm³/mol. The topological polar surface area (TPSA) is 9.72 Å². The highest BCUT2D eigenvalue weighted by Gasteiger charge is 2.17. The van der Waals surface area contributed by atoms with E-state index in [0.29, 0.717) is 0 Å². The maximum Gasteiger partial charge on any atom is 0.0462 e. The summed E-state index contributed by atoms with van der Waals surface area (Å²) in [6, 6.07) is 102. The molecule has 3 nitrogen and oxygen atoms in total. The summed E-state index contributed by atoms with van der Waals surface area (Å²) in [4.78, 5) is 6.94. The van der Waals surface area contributed by atoms with Crippen molar-refractivity contribution in [2.45, 2.75) is 0 Å². The molecule has 0 aliphatic carbocycles. The first kappa shape index (κ1) is 40.8. The van der Waals surface area contributed by atoms with Crippen LogP contribution < -0.4 is 14.7 Å². The Kier molecular flexibility index (Phi) is 11.4. The average Bonchev–Trinajstić information content (AvgIpc) is 3.41. The van der Waals surface area contributed by atoms with Crippen molar-refractivity contribution >= 4 is 62.0 Å². The number of rotatable bonds is 12. The molecule has 0 N–H and O–H groups in total. The Bertz CT molecular complexity index is 3080. The van der Waals surface area contributed by atoms with E-state index in [2.05, 4.69) is 300 Å². The van der Waals surface area contributed by atoms with Crippen molar-refractivity contribution in [3.05, 3.63) is 285 Å². The van der Waals surface area contributed by atoms with Crippen LogP contribution >= 0.6 is 0 Å². The molecule has 0 heterocycles. The molecular formula is C64H47N3. The van der Waals surface area contributed by atoms with Gasteiger partial charge >= 0.3 is 0 Å². The van der Waals surface area contributed by atoms with E-state index in [1.807, 2.05) is 0 Å². The molecule has 0 atom stereocenters. The number of anilines is 9. The van der Waals surface area contributed by atoms with Crippen LogP contribution in [0, 0.1) is 0 Å². The predicted octanol–water partition coefficient (Wildman–Crippen LogP) is 18.3. The van der Waals surface area contributed by atoms with E-state index in [9.17, 15) is 0 Å². The van der Waals surface area contributed by atoms with Crippen molar-refractivity contribution in [1.82, 2.24) is 0 Å². The van der Waals surface area contributed by atoms with Crippen molar-refractivity contribution in [3.8, 4) is 33.4 Å². The summed E-state index contributed by atoms with van der Waals surface area (Å²) in [5, 5.41) is 2.49. The zero-order chi connectivity index (χ0) is 44.8. The van der Waals surface area contributed by atoms with Crippen LogP contribution in [-0.2, 0) is 0 Å². The second-order valence-corrected chi connectivity index (χ2v) is 16.6. The lowest BCUT2D eigenvalue weighted by Gasteiger charge is -2.27. The smallest absolute Gasteiger partial charge is 0.0462 e. The van der Waals surface area contributed by atoms with Crippen molar-refractivity contribution in [2.75, 3.05) is 14.7 Å². The Hall–Kier alpha value is -8.92. The van der Waals surface area contributed by atoms with Crippen LogP contribution in [0.3, 0.4) is 0 Å². The minimum atomic E-state index is 1.08. The molecule has 0 aromatic heterocycles. The monoisotopic (exact) mass is 857 g/mol. The largest absolute Gasteiger partial charge is 0.311 e. The van der Waals surface area contributed by atoms with Gasteiger partial charge < -0.3 is 14.7 Å². The Labute approximate surface area is 393 Å². The fraction of sp³-hybridized carbons (Fsp3) is 0. The number of hydrogen-bond donors (Lipinski definition) is 0. The van der Waals surface area contributed by atoms with Gasteiger partial charge in [0.05, 0.1) is 0 Å². The molecule has 318 valence electrons. The SMILES string of the molecule is c1ccc(N(c2ccccc2)c2ccc(-c3ccc(N(c4ccc(-c5ccc(N(c6ccccc6)c6ccccc6)cc5)cc4)c4ccc(-c5cccc6ccccc56)cc4)cc3)cc2)cc1. The van der Waals surface area contributed by atoms with E-state index >= 15 is 0 Å². The standard InChI is InChI=1S/C64H47N3/c1-5-18-54(19-6-1)65(55-20-7-2-8-21-55)58-38-28-48(29-39-58)50-32-42-60(43-33-50)67(62-46-36-53(37-47-62)64-27-15-17-52-16-13-14-26-63(52)64)61-44-34-51(35-45-61)49-30-40-59(41-31-49)66(56-22-9-3-10-23-56)57-24-11-4-12-25-57/h1-47H. The van der Waals surface area contributed by atoms with Gasteiger partial charge in [0.25, 0.3) is 0 Å². The third kappa shape index (κ3) is 8.58. The lowest BCUT2D eigenvalue weighted by Crippen LogP contribution is -2.10. The highest BCUT2D eigenvalue weighted by Crippen LogP contribution is 2.41. The minimum absolute atomic E-state index is 1.08. The fourth-order valence-electron chi connectivity index (χ4n) is 9.13. The highest BCUT2D eigenvalue weighted by molar-refractivity contribution is 5.97. The summed E-state index contributed by atoms with van der Waals surface area (Å²) in [5.41, 5.74) is 17.0. The molecule has 3 heteroatoms. The number of para-hydroxylation sites is 4. The van der Waals surface area contributed by atoms with Gasteiger partial charge in [0.1, 0.15) is 0 Å². The van der Waals surface area contributed by atoms with Gasteiger partial charge in [-0.3, -0.25) is 0 Å². The second-order valence-electron chi connectivity index (χ2n) is 16.6. The summed E-state index contributed by atoms with van der Waals surface area (Å²) in [5.74, 6) is 0. The Morgan fingerprint density at radius 2 is 0.403 bits per heavy atom. The summed E-state index contributed by atoms with van der Waals surface area (Å²) in [7, 11) is 0. The summed E-state index contributed by atoms with van der Waals surface area (Å²) in [6.07, 6.45) is 0. The Balaban J connectivity index is 0.910. The number of benzene rings is 11. The Morgan fingerprint density at radius 3 is 0.716 bits per heavy atom. The maximum atomic E-state index is 2.35. The molecule has 11 rings (SSSR count). The molecule has 0 spiro atoms. The molecule has 0 amide bonds. The molecule has 0 fully saturated rings. The van der Waals surface area contributed by atoms with Crippen molar-refractivity contribution in [2.24, 2.45) is 0 Å². The van der Waals surface area contributed by atoms with E-state index in [4.69, 9.17) is 0 Å². The van der Waals surface area contributed by atoms with Crippen molar-refractivity contribution < 1.29 is 0 Å². The summed E-state index contributed by atoms with van der Waals surface area (Å²) >= 11 is 0. The maximum absolute atomic E-state index is 2.35. The number of hydrogen-bond acceptors (Lipinski definition) is 3. The molecule has 0 saturated carbocycles. The molecule has 0 unspecified atom stereocenters. The fourth-order valence-corrected chi connectivity index (χ4v) is 9.13. The van der Waals surface area contributed by atoms with Gasteiger partial charge in [0, 0.05) is 51.2 Å². The lowest BCUT2D eigenvalue weighted by molar-refractivity contribution is 1.28. The van der Waals surface area contributed by atoms with E-state index in [-0.39, 0.29) is 0 Å². The minimum Gasteiger partial charge on any atom is -0.311 e. The summed E-state index contributed by atoms with van der Waals surface area (Å²) < 4.78 is 0. The van der Waals surface area contributed by atoms with Gasteiger partial charge in [-0.15, -0.1) is 0 Å². The number of nitrogens with zero attached hydrogens (tertiary/aromatic N) is 3.